The van der Waals surface area contributed by atoms with Crippen molar-refractivity contribution in [3.8, 4) is 0 Å². The van der Waals surface area contributed by atoms with Crippen LogP contribution in [0, 0.1) is 5.41 Å². The van der Waals surface area contributed by atoms with Crippen LogP contribution in [0.2, 0.25) is 0 Å². The minimum atomic E-state index is -3.89. The predicted octanol–water partition coefficient (Wildman–Crippen LogP) is 7.16. The van der Waals surface area contributed by atoms with Gasteiger partial charge in [0.05, 0.1) is 4.90 Å². The van der Waals surface area contributed by atoms with E-state index in [9.17, 15) is 8.42 Å². The van der Waals surface area contributed by atoms with E-state index in [1.807, 2.05) is 6.92 Å². The SMILES string of the molecule is COC(C=C(C)CCC=C(C)C=CC1=C(C)CCCC1(C)C)(OC)S(=O)(=O)c1ccccc1. The number of methoxy groups -OCH3 is 2. The summed E-state index contributed by atoms with van der Waals surface area (Å²) in [5.74, 6) is 0. The smallest absolute Gasteiger partial charge is 0.298 e. The normalized spacial score (nSPS) is 18.3. The molecule has 0 bridgehead atoms. The molecule has 4 nitrogen and oxygen atoms in total. The molecular weight excluding hydrogens is 432 g/mol. The van der Waals surface area contributed by atoms with Gasteiger partial charge in [-0.1, -0.05) is 67.0 Å². The van der Waals surface area contributed by atoms with Gasteiger partial charge in [-0.05, 0) is 82.1 Å². The second-order valence-corrected chi connectivity index (χ2v) is 11.6. The molecule has 5 heteroatoms. The second kappa shape index (κ2) is 11.5. The number of rotatable bonds is 10. The maximum absolute atomic E-state index is 13.2. The average molecular weight is 473 g/mol. The Morgan fingerprint density at radius 2 is 1.76 bits per heavy atom. The maximum atomic E-state index is 13.2. The van der Waals surface area contributed by atoms with Gasteiger partial charge < -0.3 is 9.47 Å². The van der Waals surface area contributed by atoms with Crippen molar-refractivity contribution in [2.75, 3.05) is 14.2 Å². The first-order valence-electron chi connectivity index (χ1n) is 11.6. The Balaban J connectivity index is 2.14. The maximum Gasteiger partial charge on any atom is 0.298 e. The fraction of sp³-hybridized carbons (Fsp3) is 0.500. The molecular formula is C28H40O4S. The van der Waals surface area contributed by atoms with Crippen LogP contribution in [0.15, 0.2) is 81.8 Å². The number of hydrogen-bond acceptors (Lipinski definition) is 4. The van der Waals surface area contributed by atoms with Crippen LogP contribution in [0.25, 0.3) is 0 Å². The summed E-state index contributed by atoms with van der Waals surface area (Å²) in [4.78, 5) is 0.161. The molecule has 0 saturated heterocycles. The van der Waals surface area contributed by atoms with E-state index in [2.05, 4.69) is 45.9 Å². The Morgan fingerprint density at radius 3 is 2.33 bits per heavy atom. The molecule has 0 unspecified atom stereocenters. The van der Waals surface area contributed by atoms with Gasteiger partial charge in [0.15, 0.2) is 0 Å². The zero-order valence-corrected chi connectivity index (χ0v) is 22.1. The van der Waals surface area contributed by atoms with Crippen molar-refractivity contribution in [2.24, 2.45) is 5.41 Å². The van der Waals surface area contributed by atoms with Crippen molar-refractivity contribution < 1.29 is 17.9 Å². The first kappa shape index (κ1) is 27.3. The minimum absolute atomic E-state index is 0.161. The van der Waals surface area contributed by atoms with Crippen molar-refractivity contribution in [3.63, 3.8) is 0 Å². The molecule has 33 heavy (non-hydrogen) atoms. The lowest BCUT2D eigenvalue weighted by Gasteiger charge is -2.32. The van der Waals surface area contributed by atoms with Crippen LogP contribution in [-0.2, 0) is 19.3 Å². The van der Waals surface area contributed by atoms with E-state index in [1.165, 1.54) is 50.2 Å². The van der Waals surface area contributed by atoms with Crippen LogP contribution >= 0.6 is 0 Å². The Hall–Kier alpha value is -1.95. The molecule has 2 rings (SSSR count). The van der Waals surface area contributed by atoms with Crippen molar-refractivity contribution in [1.29, 1.82) is 0 Å². The van der Waals surface area contributed by atoms with E-state index < -0.39 is 15.0 Å². The van der Waals surface area contributed by atoms with E-state index in [0.29, 0.717) is 6.42 Å². The molecule has 0 saturated carbocycles. The lowest BCUT2D eigenvalue weighted by atomic mass is 9.72. The van der Waals surface area contributed by atoms with E-state index in [1.54, 1.807) is 36.4 Å². The Labute approximate surface area is 201 Å². The number of benzene rings is 1. The third kappa shape index (κ3) is 6.56. The molecule has 0 fully saturated rings. The molecule has 0 N–H and O–H groups in total. The largest absolute Gasteiger partial charge is 0.337 e. The number of sulfone groups is 1. The average Bonchev–Trinajstić information content (AvgIpc) is 2.77. The Morgan fingerprint density at radius 1 is 1.12 bits per heavy atom. The van der Waals surface area contributed by atoms with Gasteiger partial charge >= 0.3 is 0 Å². The summed E-state index contributed by atoms with van der Waals surface area (Å²) in [6.07, 6.45) is 13.4. The van der Waals surface area contributed by atoms with Gasteiger partial charge in [0.25, 0.3) is 5.12 Å². The van der Waals surface area contributed by atoms with Crippen LogP contribution in [0.5, 0.6) is 0 Å². The number of hydrogen-bond donors (Lipinski definition) is 0. The van der Waals surface area contributed by atoms with Gasteiger partial charge in [0, 0.05) is 14.2 Å². The molecule has 0 aromatic heterocycles. The quantitative estimate of drug-likeness (QED) is 0.206. The first-order chi connectivity index (χ1) is 15.5. The molecule has 0 amide bonds. The Kier molecular flexibility index (Phi) is 9.48. The standard InChI is InChI=1S/C28H40O4S/c1-22(18-19-26-24(3)15-12-20-27(26,4)5)13-11-14-23(2)21-28(31-6,32-7)33(29,30)25-16-9-8-10-17-25/h8-10,13,16-19,21H,11-12,14-15,20H2,1-7H3. The van der Waals surface area contributed by atoms with Crippen LogP contribution in [0.4, 0.5) is 0 Å². The van der Waals surface area contributed by atoms with E-state index in [4.69, 9.17) is 9.47 Å². The van der Waals surface area contributed by atoms with Crippen LogP contribution < -0.4 is 0 Å². The summed E-state index contributed by atoms with van der Waals surface area (Å²) in [7, 11) is -1.18. The molecule has 182 valence electrons. The summed E-state index contributed by atoms with van der Waals surface area (Å²) >= 11 is 0. The molecule has 1 aromatic rings. The topological polar surface area (TPSA) is 52.6 Å². The molecule has 0 radical (unpaired) electrons. The van der Waals surface area contributed by atoms with E-state index in [0.717, 1.165) is 12.0 Å². The van der Waals surface area contributed by atoms with Crippen molar-refractivity contribution >= 4 is 9.84 Å². The van der Waals surface area contributed by atoms with Gasteiger partial charge in [-0.15, -0.1) is 0 Å². The second-order valence-electron chi connectivity index (χ2n) is 9.57. The number of ether oxygens (including phenoxy) is 2. The third-order valence-electron chi connectivity index (χ3n) is 6.48. The zero-order chi connectivity index (χ0) is 24.7. The first-order valence-corrected chi connectivity index (χ1v) is 13.1. The van der Waals surface area contributed by atoms with Gasteiger partial charge in [0.1, 0.15) is 0 Å². The van der Waals surface area contributed by atoms with Gasteiger partial charge in [-0.25, -0.2) is 8.42 Å². The lowest BCUT2D eigenvalue weighted by molar-refractivity contribution is -0.105. The predicted molar refractivity (Wildman–Crippen MR) is 137 cm³/mol. The fourth-order valence-electron chi connectivity index (χ4n) is 4.46. The van der Waals surface area contributed by atoms with Crippen molar-refractivity contribution in [3.05, 3.63) is 76.9 Å². The van der Waals surface area contributed by atoms with Gasteiger partial charge in [-0.3, -0.25) is 0 Å². The highest BCUT2D eigenvalue weighted by molar-refractivity contribution is 7.92. The van der Waals surface area contributed by atoms with Crippen molar-refractivity contribution in [2.45, 2.75) is 76.7 Å². The van der Waals surface area contributed by atoms with E-state index >= 15 is 0 Å². The molecule has 1 aliphatic rings. The molecule has 0 atom stereocenters. The lowest BCUT2D eigenvalue weighted by Crippen LogP contribution is -2.41. The summed E-state index contributed by atoms with van der Waals surface area (Å²) in [6, 6.07) is 8.25. The summed E-state index contributed by atoms with van der Waals surface area (Å²) in [5.41, 5.74) is 5.26. The van der Waals surface area contributed by atoms with Gasteiger partial charge in [-0.2, -0.15) is 0 Å². The molecule has 0 heterocycles. The Bertz CT molecular complexity index is 1020. The van der Waals surface area contributed by atoms with E-state index in [-0.39, 0.29) is 10.3 Å². The van der Waals surface area contributed by atoms with Crippen LogP contribution in [-0.4, -0.2) is 27.8 Å². The molecule has 1 aliphatic carbocycles. The summed E-state index contributed by atoms with van der Waals surface area (Å²) in [5, 5.41) is -1.85. The molecule has 1 aromatic carbocycles. The fourth-order valence-corrected chi connectivity index (χ4v) is 6.10. The monoisotopic (exact) mass is 472 g/mol. The molecule has 0 spiro atoms. The number of allylic oxidation sites excluding steroid dienone is 7. The zero-order valence-electron chi connectivity index (χ0n) is 21.3. The third-order valence-corrected chi connectivity index (χ3v) is 8.57. The molecule has 0 aliphatic heterocycles. The summed E-state index contributed by atoms with van der Waals surface area (Å²) < 4.78 is 37.3. The highest BCUT2D eigenvalue weighted by atomic mass is 32.2. The highest BCUT2D eigenvalue weighted by Crippen LogP contribution is 2.40. The van der Waals surface area contributed by atoms with Crippen LogP contribution in [0.3, 0.4) is 0 Å². The van der Waals surface area contributed by atoms with Crippen LogP contribution in [0.1, 0.15) is 66.7 Å². The minimum Gasteiger partial charge on any atom is -0.337 e. The van der Waals surface area contributed by atoms with Crippen molar-refractivity contribution in [1.82, 2.24) is 0 Å². The summed E-state index contributed by atoms with van der Waals surface area (Å²) in [6.45, 7) is 10.9. The highest BCUT2D eigenvalue weighted by Gasteiger charge is 2.44. The van der Waals surface area contributed by atoms with Gasteiger partial charge in [0.2, 0.25) is 9.84 Å².